The van der Waals surface area contributed by atoms with Crippen molar-refractivity contribution in [3.8, 4) is 0 Å². The molecule has 0 aromatic heterocycles. The molecule has 0 spiro atoms. The van der Waals surface area contributed by atoms with Crippen LogP contribution in [0.25, 0.3) is 0 Å². The maximum absolute atomic E-state index is 13.3. The molecule has 0 aliphatic rings. The number of hydrogen-bond acceptors (Lipinski definition) is 1. The fraction of sp³-hybridized carbons (Fsp3) is 0.571. The molecule has 4 heteroatoms. The Balaban J connectivity index is 2.29. The zero-order valence-corrected chi connectivity index (χ0v) is 10.9. The summed E-state index contributed by atoms with van der Waals surface area (Å²) < 4.78 is 38.9. The van der Waals surface area contributed by atoms with Crippen molar-refractivity contribution in [3.05, 3.63) is 35.1 Å². The van der Waals surface area contributed by atoms with Gasteiger partial charge in [-0.25, -0.2) is 13.2 Å². The van der Waals surface area contributed by atoms with E-state index in [9.17, 15) is 13.2 Å². The van der Waals surface area contributed by atoms with E-state index in [4.69, 9.17) is 0 Å². The SMILES string of the molecule is CC(C)NCCCCCc1cc(F)c(F)cc1F. The first-order valence-corrected chi connectivity index (χ1v) is 6.37. The Labute approximate surface area is 106 Å². The highest BCUT2D eigenvalue weighted by Crippen LogP contribution is 2.16. The lowest BCUT2D eigenvalue weighted by molar-refractivity contribution is 0.487. The zero-order chi connectivity index (χ0) is 13.5. The van der Waals surface area contributed by atoms with Crippen LogP contribution in [0.2, 0.25) is 0 Å². The fourth-order valence-corrected chi connectivity index (χ4v) is 1.76. The van der Waals surface area contributed by atoms with E-state index < -0.39 is 17.5 Å². The van der Waals surface area contributed by atoms with Crippen LogP contribution in [0, 0.1) is 17.5 Å². The number of aryl methyl sites for hydroxylation is 1. The Hall–Kier alpha value is -1.03. The Morgan fingerprint density at radius 2 is 1.61 bits per heavy atom. The van der Waals surface area contributed by atoms with Crippen LogP contribution in [-0.4, -0.2) is 12.6 Å². The number of rotatable bonds is 7. The van der Waals surface area contributed by atoms with E-state index in [0.717, 1.165) is 31.9 Å². The molecule has 1 aromatic rings. The summed E-state index contributed by atoms with van der Waals surface area (Å²) in [5, 5.41) is 3.29. The molecule has 0 radical (unpaired) electrons. The average molecular weight is 259 g/mol. The molecular weight excluding hydrogens is 239 g/mol. The maximum atomic E-state index is 13.3. The highest BCUT2D eigenvalue weighted by Gasteiger charge is 2.09. The van der Waals surface area contributed by atoms with Gasteiger partial charge in [-0.1, -0.05) is 20.3 Å². The van der Waals surface area contributed by atoms with Crippen molar-refractivity contribution in [2.24, 2.45) is 0 Å². The molecule has 0 saturated heterocycles. The van der Waals surface area contributed by atoms with E-state index in [2.05, 4.69) is 19.2 Å². The first-order chi connectivity index (χ1) is 8.50. The predicted molar refractivity (Wildman–Crippen MR) is 67.0 cm³/mol. The van der Waals surface area contributed by atoms with Crippen LogP contribution >= 0.6 is 0 Å². The summed E-state index contributed by atoms with van der Waals surface area (Å²) in [4.78, 5) is 0. The van der Waals surface area contributed by atoms with Gasteiger partial charge in [0.15, 0.2) is 11.6 Å². The molecule has 18 heavy (non-hydrogen) atoms. The molecule has 1 N–H and O–H groups in total. The number of hydrogen-bond donors (Lipinski definition) is 1. The van der Waals surface area contributed by atoms with Crippen molar-refractivity contribution in [2.45, 2.75) is 45.6 Å². The lowest BCUT2D eigenvalue weighted by atomic mass is 10.1. The summed E-state index contributed by atoms with van der Waals surface area (Å²) in [6.45, 7) is 5.09. The monoisotopic (exact) mass is 259 g/mol. The Bertz CT molecular complexity index is 378. The van der Waals surface area contributed by atoms with Crippen molar-refractivity contribution in [1.82, 2.24) is 5.32 Å². The van der Waals surface area contributed by atoms with Crippen LogP contribution in [0.1, 0.15) is 38.7 Å². The van der Waals surface area contributed by atoms with Crippen LogP contribution in [-0.2, 0) is 6.42 Å². The maximum Gasteiger partial charge on any atom is 0.161 e. The van der Waals surface area contributed by atoms with Crippen molar-refractivity contribution < 1.29 is 13.2 Å². The highest BCUT2D eigenvalue weighted by molar-refractivity contribution is 5.20. The second kappa shape index (κ2) is 7.41. The quantitative estimate of drug-likeness (QED) is 0.580. The average Bonchev–Trinajstić information content (AvgIpc) is 2.29. The molecule has 0 aliphatic heterocycles. The Kier molecular flexibility index (Phi) is 6.19. The number of benzene rings is 1. The molecule has 0 aliphatic carbocycles. The van der Waals surface area contributed by atoms with Gasteiger partial charge >= 0.3 is 0 Å². The van der Waals surface area contributed by atoms with Gasteiger partial charge in [0, 0.05) is 12.1 Å². The third-order valence-electron chi connectivity index (χ3n) is 2.76. The van der Waals surface area contributed by atoms with E-state index in [1.807, 2.05) is 0 Å². The topological polar surface area (TPSA) is 12.0 Å². The van der Waals surface area contributed by atoms with Crippen molar-refractivity contribution in [3.63, 3.8) is 0 Å². The fourth-order valence-electron chi connectivity index (χ4n) is 1.76. The molecule has 0 saturated carbocycles. The number of unbranched alkanes of at least 4 members (excludes halogenated alkanes) is 2. The molecule has 0 amide bonds. The number of nitrogens with one attached hydrogen (secondary N) is 1. The summed E-state index contributed by atoms with van der Waals surface area (Å²) in [5.74, 6) is -2.76. The first kappa shape index (κ1) is 15.0. The largest absolute Gasteiger partial charge is 0.315 e. The van der Waals surface area contributed by atoms with E-state index in [1.165, 1.54) is 0 Å². The van der Waals surface area contributed by atoms with Gasteiger partial charge in [0.1, 0.15) is 5.82 Å². The molecule has 1 nitrogen and oxygen atoms in total. The van der Waals surface area contributed by atoms with E-state index >= 15 is 0 Å². The minimum absolute atomic E-state index is 0.255. The molecule has 0 heterocycles. The second-order valence-corrected chi connectivity index (χ2v) is 4.78. The van der Waals surface area contributed by atoms with Gasteiger partial charge in [-0.15, -0.1) is 0 Å². The third-order valence-corrected chi connectivity index (χ3v) is 2.76. The molecule has 1 aromatic carbocycles. The zero-order valence-electron chi connectivity index (χ0n) is 10.9. The van der Waals surface area contributed by atoms with Gasteiger partial charge in [-0.3, -0.25) is 0 Å². The van der Waals surface area contributed by atoms with Crippen molar-refractivity contribution in [2.75, 3.05) is 6.54 Å². The second-order valence-electron chi connectivity index (χ2n) is 4.78. The molecule has 0 fully saturated rings. The van der Waals surface area contributed by atoms with Gasteiger partial charge in [0.25, 0.3) is 0 Å². The number of halogens is 3. The van der Waals surface area contributed by atoms with Crippen molar-refractivity contribution >= 4 is 0 Å². The standard InChI is InChI=1S/C14H20F3N/c1-10(2)18-7-5-3-4-6-11-8-13(16)14(17)9-12(11)15/h8-10,18H,3-7H2,1-2H3. The van der Waals surface area contributed by atoms with Gasteiger partial charge < -0.3 is 5.32 Å². The van der Waals surface area contributed by atoms with Crippen LogP contribution in [0.4, 0.5) is 13.2 Å². The summed E-state index contributed by atoms with van der Waals surface area (Å²) in [7, 11) is 0. The van der Waals surface area contributed by atoms with Gasteiger partial charge in [0.05, 0.1) is 0 Å². The smallest absolute Gasteiger partial charge is 0.161 e. The molecule has 102 valence electrons. The molecule has 1 rings (SSSR count). The first-order valence-electron chi connectivity index (χ1n) is 6.37. The molecular formula is C14H20F3N. The van der Waals surface area contributed by atoms with E-state index in [1.54, 1.807) is 0 Å². The molecule has 0 atom stereocenters. The summed E-state index contributed by atoms with van der Waals surface area (Å²) in [5.41, 5.74) is 0.255. The lowest BCUT2D eigenvalue weighted by Crippen LogP contribution is -2.23. The summed E-state index contributed by atoms with van der Waals surface area (Å²) >= 11 is 0. The lowest BCUT2D eigenvalue weighted by Gasteiger charge is -2.08. The Morgan fingerprint density at radius 1 is 0.944 bits per heavy atom. The van der Waals surface area contributed by atoms with E-state index in [0.29, 0.717) is 18.5 Å². The minimum Gasteiger partial charge on any atom is -0.315 e. The third kappa shape index (κ3) is 5.08. The van der Waals surface area contributed by atoms with Gasteiger partial charge in [0.2, 0.25) is 0 Å². The van der Waals surface area contributed by atoms with Crippen LogP contribution < -0.4 is 5.32 Å². The van der Waals surface area contributed by atoms with E-state index in [-0.39, 0.29) is 5.56 Å². The summed E-state index contributed by atoms with van der Waals surface area (Å²) in [6.07, 6.45) is 3.17. The van der Waals surface area contributed by atoms with Crippen LogP contribution in [0.3, 0.4) is 0 Å². The minimum atomic E-state index is -1.13. The van der Waals surface area contributed by atoms with Gasteiger partial charge in [-0.05, 0) is 37.4 Å². The molecule has 0 bridgehead atoms. The van der Waals surface area contributed by atoms with Crippen LogP contribution in [0.15, 0.2) is 12.1 Å². The Morgan fingerprint density at radius 3 is 2.28 bits per heavy atom. The van der Waals surface area contributed by atoms with Crippen molar-refractivity contribution in [1.29, 1.82) is 0 Å². The molecule has 0 unspecified atom stereocenters. The highest BCUT2D eigenvalue weighted by atomic mass is 19.2. The van der Waals surface area contributed by atoms with Crippen LogP contribution in [0.5, 0.6) is 0 Å². The summed E-state index contributed by atoms with van der Waals surface area (Å²) in [6, 6.07) is 2.04. The predicted octanol–water partition coefficient (Wildman–Crippen LogP) is 3.81. The normalized spacial score (nSPS) is 11.2. The van der Waals surface area contributed by atoms with Gasteiger partial charge in [-0.2, -0.15) is 0 Å².